The molecule has 1 unspecified atom stereocenters. The predicted octanol–water partition coefficient (Wildman–Crippen LogP) is 2.39. The minimum absolute atomic E-state index is 0.354. The number of aromatic nitrogens is 1. The first-order valence-electron chi connectivity index (χ1n) is 5.44. The Kier molecular flexibility index (Phi) is 5.83. The molecule has 86 valence electrons. The van der Waals surface area contributed by atoms with E-state index in [-0.39, 0.29) is 0 Å². The van der Waals surface area contributed by atoms with E-state index in [1.165, 1.54) is 9.88 Å². The van der Waals surface area contributed by atoms with Crippen LogP contribution in [0.1, 0.15) is 36.2 Å². The van der Waals surface area contributed by atoms with Crippen molar-refractivity contribution in [2.75, 3.05) is 20.3 Å². The normalized spacial score (nSPS) is 13.0. The molecule has 3 nitrogen and oxygen atoms in total. The number of ether oxygens (including phenoxy) is 1. The van der Waals surface area contributed by atoms with Crippen molar-refractivity contribution in [3.8, 4) is 0 Å². The lowest BCUT2D eigenvalue weighted by Crippen LogP contribution is -2.20. The third-order valence-electron chi connectivity index (χ3n) is 2.27. The molecule has 1 aromatic heterocycles. The molecule has 4 heteroatoms. The standard InChI is InChI=1S/C11H20N2OS/c1-4-10-8-13-11(15-10)9(2)12-6-5-7-14-3/h8-9,12H,4-7H2,1-3H3. The van der Waals surface area contributed by atoms with E-state index >= 15 is 0 Å². The average molecular weight is 228 g/mol. The van der Waals surface area contributed by atoms with Crippen molar-refractivity contribution in [2.24, 2.45) is 0 Å². The molecule has 0 bridgehead atoms. The zero-order valence-corrected chi connectivity index (χ0v) is 10.6. The molecular weight excluding hydrogens is 208 g/mol. The Bertz CT molecular complexity index is 275. The molecule has 0 fully saturated rings. The molecule has 1 heterocycles. The van der Waals surface area contributed by atoms with Gasteiger partial charge >= 0.3 is 0 Å². The van der Waals surface area contributed by atoms with E-state index in [4.69, 9.17) is 4.74 Å². The maximum Gasteiger partial charge on any atom is 0.109 e. The van der Waals surface area contributed by atoms with Crippen molar-refractivity contribution in [1.82, 2.24) is 10.3 Å². The van der Waals surface area contributed by atoms with Crippen LogP contribution in [0.5, 0.6) is 0 Å². The Balaban J connectivity index is 2.29. The SMILES string of the molecule is CCc1cnc(C(C)NCCCOC)s1. The third kappa shape index (κ3) is 4.28. The van der Waals surface area contributed by atoms with E-state index in [0.29, 0.717) is 6.04 Å². The molecule has 0 radical (unpaired) electrons. The summed E-state index contributed by atoms with van der Waals surface area (Å²) in [4.78, 5) is 5.77. The van der Waals surface area contributed by atoms with Gasteiger partial charge in [-0.1, -0.05) is 6.92 Å². The highest BCUT2D eigenvalue weighted by molar-refractivity contribution is 7.11. The summed E-state index contributed by atoms with van der Waals surface area (Å²) in [5, 5.41) is 4.62. The van der Waals surface area contributed by atoms with Gasteiger partial charge in [-0.05, 0) is 26.3 Å². The number of nitrogens with zero attached hydrogens (tertiary/aromatic N) is 1. The summed E-state index contributed by atoms with van der Waals surface area (Å²) in [7, 11) is 1.73. The summed E-state index contributed by atoms with van der Waals surface area (Å²) in [6, 6.07) is 0.354. The smallest absolute Gasteiger partial charge is 0.109 e. The van der Waals surface area contributed by atoms with Gasteiger partial charge in [0.15, 0.2) is 0 Å². The van der Waals surface area contributed by atoms with E-state index in [9.17, 15) is 0 Å². The van der Waals surface area contributed by atoms with Gasteiger partial charge in [0.25, 0.3) is 0 Å². The first kappa shape index (κ1) is 12.6. The van der Waals surface area contributed by atoms with Gasteiger partial charge in [0.1, 0.15) is 5.01 Å². The highest BCUT2D eigenvalue weighted by Crippen LogP contribution is 2.19. The maximum absolute atomic E-state index is 5.00. The molecule has 0 aliphatic carbocycles. The summed E-state index contributed by atoms with van der Waals surface area (Å²) < 4.78 is 5.00. The summed E-state index contributed by atoms with van der Waals surface area (Å²) in [5.74, 6) is 0. The summed E-state index contributed by atoms with van der Waals surface area (Å²) in [6.45, 7) is 6.12. The quantitative estimate of drug-likeness (QED) is 0.728. The number of hydrogen-bond donors (Lipinski definition) is 1. The van der Waals surface area contributed by atoms with Crippen molar-refractivity contribution in [1.29, 1.82) is 0 Å². The van der Waals surface area contributed by atoms with Crippen LogP contribution < -0.4 is 5.32 Å². The fourth-order valence-corrected chi connectivity index (χ4v) is 2.19. The van der Waals surface area contributed by atoms with Crippen molar-refractivity contribution < 1.29 is 4.74 Å². The van der Waals surface area contributed by atoms with Crippen molar-refractivity contribution in [3.05, 3.63) is 16.1 Å². The lowest BCUT2D eigenvalue weighted by Gasteiger charge is -2.10. The van der Waals surface area contributed by atoms with Crippen LogP contribution in [-0.4, -0.2) is 25.2 Å². The largest absolute Gasteiger partial charge is 0.385 e. The van der Waals surface area contributed by atoms with Gasteiger partial charge in [-0.15, -0.1) is 11.3 Å². The fraction of sp³-hybridized carbons (Fsp3) is 0.727. The molecular formula is C11H20N2OS. The average Bonchev–Trinajstić information content (AvgIpc) is 2.72. The second-order valence-electron chi connectivity index (χ2n) is 3.54. The first-order valence-corrected chi connectivity index (χ1v) is 6.26. The molecule has 0 aromatic carbocycles. The monoisotopic (exact) mass is 228 g/mol. The molecule has 0 aliphatic rings. The van der Waals surface area contributed by atoms with Gasteiger partial charge in [0, 0.05) is 24.8 Å². The van der Waals surface area contributed by atoms with Gasteiger partial charge in [-0.3, -0.25) is 0 Å². The minimum atomic E-state index is 0.354. The zero-order chi connectivity index (χ0) is 11.1. The van der Waals surface area contributed by atoms with E-state index in [1.807, 2.05) is 6.20 Å². The van der Waals surface area contributed by atoms with Crippen molar-refractivity contribution in [2.45, 2.75) is 32.7 Å². The number of hydrogen-bond acceptors (Lipinski definition) is 4. The van der Waals surface area contributed by atoms with Gasteiger partial charge in [0.05, 0.1) is 6.04 Å². The Morgan fingerprint density at radius 3 is 3.00 bits per heavy atom. The van der Waals surface area contributed by atoms with E-state index in [2.05, 4.69) is 24.1 Å². The summed E-state index contributed by atoms with van der Waals surface area (Å²) >= 11 is 1.80. The van der Waals surface area contributed by atoms with Crippen LogP contribution in [0.3, 0.4) is 0 Å². The van der Waals surface area contributed by atoms with Gasteiger partial charge < -0.3 is 10.1 Å². The Labute approximate surface area is 95.9 Å². The highest BCUT2D eigenvalue weighted by atomic mass is 32.1. The molecule has 1 atom stereocenters. The van der Waals surface area contributed by atoms with Crippen molar-refractivity contribution >= 4 is 11.3 Å². The Morgan fingerprint density at radius 2 is 2.40 bits per heavy atom. The van der Waals surface area contributed by atoms with Gasteiger partial charge in [-0.25, -0.2) is 4.98 Å². The Morgan fingerprint density at radius 1 is 1.60 bits per heavy atom. The van der Waals surface area contributed by atoms with E-state index < -0.39 is 0 Å². The second-order valence-corrected chi connectivity index (χ2v) is 4.69. The molecule has 0 saturated carbocycles. The van der Waals surface area contributed by atoms with Gasteiger partial charge in [0.2, 0.25) is 0 Å². The van der Waals surface area contributed by atoms with Crippen LogP contribution in [0, 0.1) is 0 Å². The molecule has 0 saturated heterocycles. The number of rotatable bonds is 7. The summed E-state index contributed by atoms with van der Waals surface area (Å²) in [5.41, 5.74) is 0. The Hall–Kier alpha value is -0.450. The zero-order valence-electron chi connectivity index (χ0n) is 9.75. The lowest BCUT2D eigenvalue weighted by molar-refractivity contribution is 0.193. The van der Waals surface area contributed by atoms with Crippen LogP contribution in [-0.2, 0) is 11.2 Å². The molecule has 1 N–H and O–H groups in total. The van der Waals surface area contributed by atoms with Crippen LogP contribution in [0.4, 0.5) is 0 Å². The molecule has 1 rings (SSSR count). The number of nitrogens with one attached hydrogen (secondary N) is 1. The minimum Gasteiger partial charge on any atom is -0.385 e. The first-order chi connectivity index (χ1) is 7.27. The fourth-order valence-electron chi connectivity index (χ4n) is 1.31. The topological polar surface area (TPSA) is 34.2 Å². The predicted molar refractivity (Wildman–Crippen MR) is 64.4 cm³/mol. The number of aryl methyl sites for hydroxylation is 1. The molecule has 0 aliphatic heterocycles. The third-order valence-corrected chi connectivity index (χ3v) is 3.59. The van der Waals surface area contributed by atoms with Crippen LogP contribution in [0.2, 0.25) is 0 Å². The summed E-state index contributed by atoms with van der Waals surface area (Å²) in [6.07, 6.45) is 4.11. The van der Waals surface area contributed by atoms with E-state index in [0.717, 1.165) is 26.0 Å². The maximum atomic E-state index is 5.00. The van der Waals surface area contributed by atoms with Gasteiger partial charge in [-0.2, -0.15) is 0 Å². The molecule has 15 heavy (non-hydrogen) atoms. The van der Waals surface area contributed by atoms with Crippen LogP contribution >= 0.6 is 11.3 Å². The van der Waals surface area contributed by atoms with Crippen LogP contribution in [0.15, 0.2) is 6.20 Å². The molecule has 0 amide bonds. The van der Waals surface area contributed by atoms with Crippen LogP contribution in [0.25, 0.3) is 0 Å². The van der Waals surface area contributed by atoms with E-state index in [1.54, 1.807) is 18.4 Å². The second kappa shape index (κ2) is 6.93. The lowest BCUT2D eigenvalue weighted by atomic mass is 10.3. The molecule has 1 aromatic rings. The molecule has 0 spiro atoms. The number of thiazole rings is 1. The highest BCUT2D eigenvalue weighted by Gasteiger charge is 2.08. The van der Waals surface area contributed by atoms with Crippen molar-refractivity contribution in [3.63, 3.8) is 0 Å². The number of methoxy groups -OCH3 is 1.